The third-order valence-electron chi connectivity index (χ3n) is 4.01. The zero-order chi connectivity index (χ0) is 15.7. The summed E-state index contributed by atoms with van der Waals surface area (Å²) in [5.74, 6) is 0.864. The molecule has 3 rings (SSSR count). The van der Waals surface area contributed by atoms with Gasteiger partial charge in [-0.05, 0) is 37.2 Å². The van der Waals surface area contributed by atoms with Crippen molar-refractivity contribution in [3.05, 3.63) is 33.5 Å². The Morgan fingerprint density at radius 3 is 2.77 bits per heavy atom. The van der Waals surface area contributed by atoms with Gasteiger partial charge in [0.05, 0.1) is 12.8 Å². The Morgan fingerprint density at radius 1 is 1.36 bits per heavy atom. The molecule has 1 aliphatic rings. The predicted octanol–water partition coefficient (Wildman–Crippen LogP) is 2.79. The number of hydrogen-bond acceptors (Lipinski definition) is 4. The van der Waals surface area contributed by atoms with Crippen LogP contribution in [0.1, 0.15) is 12.8 Å². The molecule has 1 N–H and O–H groups in total. The fourth-order valence-corrected chi connectivity index (χ4v) is 3.29. The van der Waals surface area contributed by atoms with Crippen molar-refractivity contribution in [2.24, 2.45) is 7.05 Å². The zero-order valence-corrected chi connectivity index (χ0v) is 14.8. The smallest absolute Gasteiger partial charge is 0.199 e. The highest BCUT2D eigenvalue weighted by Gasteiger charge is 2.18. The van der Waals surface area contributed by atoms with Crippen LogP contribution in [0.3, 0.4) is 0 Å². The first-order chi connectivity index (χ1) is 10.5. The number of hydrogen-bond donors (Lipinski definition) is 1. The van der Waals surface area contributed by atoms with Gasteiger partial charge >= 0.3 is 0 Å². The van der Waals surface area contributed by atoms with Crippen molar-refractivity contribution in [1.82, 2.24) is 19.2 Å². The summed E-state index contributed by atoms with van der Waals surface area (Å²) < 4.78 is 5.54. The average Bonchev–Trinajstić information content (AvgIpc) is 2.78. The molecule has 0 bridgehead atoms. The number of likely N-dealkylation sites (tertiary alicyclic amines) is 1. The van der Waals surface area contributed by atoms with E-state index in [0.717, 1.165) is 41.8 Å². The van der Waals surface area contributed by atoms with Crippen LogP contribution in [-0.2, 0) is 13.7 Å². The molecule has 0 spiro atoms. The third kappa shape index (κ3) is 3.32. The van der Waals surface area contributed by atoms with Gasteiger partial charge in [0.25, 0.3) is 0 Å². The maximum Gasteiger partial charge on any atom is 0.199 e. The molecule has 118 valence electrons. The lowest BCUT2D eigenvalue weighted by Gasteiger charge is -2.28. The number of aliphatic hydroxyl groups excluding tert-OH is 1. The van der Waals surface area contributed by atoms with Gasteiger partial charge in [-0.2, -0.15) is 5.10 Å². The molecule has 2 aromatic rings. The first kappa shape index (κ1) is 15.9. The average molecular weight is 383 g/mol. The van der Waals surface area contributed by atoms with Crippen LogP contribution in [0.15, 0.2) is 28.7 Å². The Bertz CT molecular complexity index is 719. The van der Waals surface area contributed by atoms with Gasteiger partial charge in [-0.1, -0.05) is 28.1 Å². The van der Waals surface area contributed by atoms with Gasteiger partial charge in [-0.25, -0.2) is 4.68 Å². The van der Waals surface area contributed by atoms with Gasteiger partial charge < -0.3 is 9.67 Å². The standard InChI is InChI=1S/C15H19BrN4OS/c1-18-14(11-3-2-4-12(16)9-11)17-20(15(18)22)10-19-7-5-13(21)6-8-19/h2-4,9,13,21H,5-8,10H2,1H3. The normalized spacial score (nSPS) is 17.0. The lowest BCUT2D eigenvalue weighted by molar-refractivity contribution is 0.0650. The van der Waals surface area contributed by atoms with E-state index in [4.69, 9.17) is 12.2 Å². The second kappa shape index (κ2) is 6.62. The quantitative estimate of drug-likeness (QED) is 0.829. The van der Waals surface area contributed by atoms with Crippen molar-refractivity contribution in [1.29, 1.82) is 0 Å². The summed E-state index contributed by atoms with van der Waals surface area (Å²) in [5, 5.41) is 14.3. The summed E-state index contributed by atoms with van der Waals surface area (Å²) in [6.07, 6.45) is 1.47. The Hall–Kier alpha value is -1.02. The van der Waals surface area contributed by atoms with Crippen molar-refractivity contribution < 1.29 is 5.11 Å². The molecule has 5 nitrogen and oxygen atoms in total. The zero-order valence-electron chi connectivity index (χ0n) is 12.4. The van der Waals surface area contributed by atoms with E-state index >= 15 is 0 Å². The molecular weight excluding hydrogens is 364 g/mol. The molecule has 1 saturated heterocycles. The van der Waals surface area contributed by atoms with Gasteiger partial charge in [0.1, 0.15) is 0 Å². The monoisotopic (exact) mass is 382 g/mol. The summed E-state index contributed by atoms with van der Waals surface area (Å²) in [6.45, 7) is 2.44. The lowest BCUT2D eigenvalue weighted by atomic mass is 10.1. The molecule has 0 radical (unpaired) electrons. The minimum Gasteiger partial charge on any atom is -0.393 e. The second-order valence-electron chi connectivity index (χ2n) is 5.67. The van der Waals surface area contributed by atoms with E-state index in [2.05, 4.69) is 25.9 Å². The Balaban J connectivity index is 1.85. The van der Waals surface area contributed by atoms with Crippen molar-refractivity contribution in [2.45, 2.75) is 25.6 Å². The van der Waals surface area contributed by atoms with E-state index in [1.807, 2.05) is 40.6 Å². The van der Waals surface area contributed by atoms with E-state index in [-0.39, 0.29) is 6.10 Å². The van der Waals surface area contributed by atoms with Gasteiger partial charge in [-0.15, -0.1) is 0 Å². The molecule has 22 heavy (non-hydrogen) atoms. The first-order valence-corrected chi connectivity index (χ1v) is 8.55. The van der Waals surface area contributed by atoms with Crippen LogP contribution >= 0.6 is 28.1 Å². The molecule has 1 aliphatic heterocycles. The van der Waals surface area contributed by atoms with Crippen molar-refractivity contribution in [3.63, 3.8) is 0 Å². The molecule has 7 heteroatoms. The van der Waals surface area contributed by atoms with Crippen molar-refractivity contribution in [3.8, 4) is 11.4 Å². The second-order valence-corrected chi connectivity index (χ2v) is 6.95. The molecule has 0 atom stereocenters. The minimum atomic E-state index is -0.162. The van der Waals surface area contributed by atoms with E-state index in [0.29, 0.717) is 11.4 Å². The molecule has 1 aromatic heterocycles. The van der Waals surface area contributed by atoms with Crippen LogP contribution in [0, 0.1) is 4.77 Å². The molecular formula is C15H19BrN4OS. The highest BCUT2D eigenvalue weighted by Crippen LogP contribution is 2.22. The van der Waals surface area contributed by atoms with E-state index in [9.17, 15) is 5.11 Å². The van der Waals surface area contributed by atoms with Crippen molar-refractivity contribution >= 4 is 28.1 Å². The molecule has 2 heterocycles. The summed E-state index contributed by atoms with van der Waals surface area (Å²) in [5.41, 5.74) is 1.04. The number of aromatic nitrogens is 3. The summed E-state index contributed by atoms with van der Waals surface area (Å²) >= 11 is 9.01. The molecule has 0 aliphatic carbocycles. The van der Waals surface area contributed by atoms with Crippen LogP contribution in [0.4, 0.5) is 0 Å². The number of aliphatic hydroxyl groups is 1. The van der Waals surface area contributed by atoms with Crippen LogP contribution in [-0.4, -0.2) is 43.5 Å². The maximum atomic E-state index is 9.59. The summed E-state index contributed by atoms with van der Waals surface area (Å²) in [6, 6.07) is 8.06. The Morgan fingerprint density at radius 2 is 2.09 bits per heavy atom. The SMILES string of the molecule is Cn1c(-c2cccc(Br)c2)nn(CN2CCC(O)CC2)c1=S. The highest BCUT2D eigenvalue weighted by molar-refractivity contribution is 9.10. The van der Waals surface area contributed by atoms with E-state index in [1.54, 1.807) is 0 Å². The van der Waals surface area contributed by atoms with Crippen LogP contribution in [0.5, 0.6) is 0 Å². The predicted molar refractivity (Wildman–Crippen MR) is 92.0 cm³/mol. The van der Waals surface area contributed by atoms with Crippen LogP contribution < -0.4 is 0 Å². The topological polar surface area (TPSA) is 46.2 Å². The maximum absolute atomic E-state index is 9.59. The van der Waals surface area contributed by atoms with Gasteiger partial charge in [-0.3, -0.25) is 4.90 Å². The highest BCUT2D eigenvalue weighted by atomic mass is 79.9. The minimum absolute atomic E-state index is 0.162. The summed E-state index contributed by atoms with van der Waals surface area (Å²) in [4.78, 5) is 2.28. The fourth-order valence-electron chi connectivity index (χ4n) is 2.71. The Labute approximate surface area is 143 Å². The number of benzene rings is 1. The first-order valence-electron chi connectivity index (χ1n) is 7.35. The largest absolute Gasteiger partial charge is 0.393 e. The number of halogens is 1. The van der Waals surface area contributed by atoms with Crippen LogP contribution in [0.2, 0.25) is 0 Å². The van der Waals surface area contributed by atoms with Crippen molar-refractivity contribution in [2.75, 3.05) is 13.1 Å². The number of rotatable bonds is 3. The van der Waals surface area contributed by atoms with Gasteiger partial charge in [0.15, 0.2) is 10.6 Å². The van der Waals surface area contributed by atoms with E-state index < -0.39 is 0 Å². The van der Waals surface area contributed by atoms with Gasteiger partial charge in [0.2, 0.25) is 0 Å². The lowest BCUT2D eigenvalue weighted by Crippen LogP contribution is -2.37. The Kier molecular flexibility index (Phi) is 4.77. The molecule has 1 aromatic carbocycles. The number of nitrogens with zero attached hydrogens (tertiary/aromatic N) is 4. The molecule has 0 unspecified atom stereocenters. The number of piperidine rings is 1. The molecule has 0 amide bonds. The third-order valence-corrected chi connectivity index (χ3v) is 4.99. The van der Waals surface area contributed by atoms with Gasteiger partial charge in [0, 0.05) is 30.2 Å². The summed E-state index contributed by atoms with van der Waals surface area (Å²) in [7, 11) is 1.95. The molecule has 1 fully saturated rings. The fraction of sp³-hybridized carbons (Fsp3) is 0.467. The molecule has 0 saturated carbocycles. The van der Waals surface area contributed by atoms with E-state index in [1.165, 1.54) is 0 Å². The van der Waals surface area contributed by atoms with Crippen LogP contribution in [0.25, 0.3) is 11.4 Å².